The smallest absolute Gasteiger partial charge is 0.107 e. The van der Waals surface area contributed by atoms with E-state index in [1.54, 1.807) is 11.3 Å². The van der Waals surface area contributed by atoms with Crippen molar-refractivity contribution < 1.29 is 9.47 Å². The second-order valence-electron chi connectivity index (χ2n) is 4.11. The maximum Gasteiger partial charge on any atom is 0.107 e. The summed E-state index contributed by atoms with van der Waals surface area (Å²) in [4.78, 5) is 1.20. The molecule has 0 amide bonds. The lowest BCUT2D eigenvalue weighted by Crippen LogP contribution is -2.32. The van der Waals surface area contributed by atoms with E-state index < -0.39 is 0 Å². The van der Waals surface area contributed by atoms with E-state index >= 15 is 0 Å². The molecule has 0 bridgehead atoms. The van der Waals surface area contributed by atoms with Crippen LogP contribution in [0.25, 0.3) is 0 Å². The van der Waals surface area contributed by atoms with Crippen LogP contribution >= 0.6 is 11.3 Å². The van der Waals surface area contributed by atoms with Crippen molar-refractivity contribution in [3.05, 3.63) is 22.4 Å². The first-order valence-electron chi connectivity index (χ1n) is 6.21. The lowest BCUT2D eigenvalue weighted by molar-refractivity contribution is -0.0560. The zero-order valence-electron chi connectivity index (χ0n) is 10.9. The first-order valence-corrected chi connectivity index (χ1v) is 7.09. The van der Waals surface area contributed by atoms with E-state index in [2.05, 4.69) is 18.4 Å². The molecule has 0 aromatic carbocycles. The van der Waals surface area contributed by atoms with Gasteiger partial charge in [-0.3, -0.25) is 0 Å². The molecule has 0 saturated carbocycles. The van der Waals surface area contributed by atoms with E-state index in [4.69, 9.17) is 15.2 Å². The van der Waals surface area contributed by atoms with Gasteiger partial charge >= 0.3 is 0 Å². The van der Waals surface area contributed by atoms with Crippen molar-refractivity contribution in [2.75, 3.05) is 13.2 Å². The van der Waals surface area contributed by atoms with Crippen LogP contribution in [0.1, 0.15) is 38.2 Å². The molecule has 0 fully saturated rings. The topological polar surface area (TPSA) is 44.5 Å². The van der Waals surface area contributed by atoms with Crippen molar-refractivity contribution in [1.29, 1.82) is 0 Å². The molecular formula is C13H23NO2S. The molecule has 1 aromatic rings. The SMILES string of the molecule is CCOCC(C)OC(c1cccs1)C(N)CC. The summed E-state index contributed by atoms with van der Waals surface area (Å²) in [6, 6.07) is 4.15. The first-order chi connectivity index (χ1) is 8.19. The Kier molecular flexibility index (Phi) is 6.73. The van der Waals surface area contributed by atoms with Gasteiger partial charge in [-0.2, -0.15) is 0 Å². The van der Waals surface area contributed by atoms with Crippen LogP contribution in [0, 0.1) is 0 Å². The van der Waals surface area contributed by atoms with Crippen LogP contribution in [0.15, 0.2) is 17.5 Å². The Morgan fingerprint density at radius 2 is 2.18 bits per heavy atom. The highest BCUT2D eigenvalue weighted by Gasteiger charge is 2.22. The van der Waals surface area contributed by atoms with Crippen molar-refractivity contribution in [3.63, 3.8) is 0 Å². The van der Waals surface area contributed by atoms with Crippen LogP contribution in [0.4, 0.5) is 0 Å². The molecule has 3 unspecified atom stereocenters. The number of thiophene rings is 1. The Balaban J connectivity index is 2.58. The van der Waals surface area contributed by atoms with Gasteiger partial charge in [0.1, 0.15) is 6.10 Å². The molecule has 0 saturated heterocycles. The van der Waals surface area contributed by atoms with Gasteiger partial charge in [-0.25, -0.2) is 0 Å². The highest BCUT2D eigenvalue weighted by Crippen LogP contribution is 2.27. The monoisotopic (exact) mass is 257 g/mol. The molecule has 17 heavy (non-hydrogen) atoms. The van der Waals surface area contributed by atoms with Crippen LogP contribution < -0.4 is 5.73 Å². The highest BCUT2D eigenvalue weighted by atomic mass is 32.1. The van der Waals surface area contributed by atoms with E-state index in [9.17, 15) is 0 Å². The van der Waals surface area contributed by atoms with E-state index in [0.29, 0.717) is 6.61 Å². The highest BCUT2D eigenvalue weighted by molar-refractivity contribution is 7.10. The molecule has 0 spiro atoms. The van der Waals surface area contributed by atoms with Crippen LogP contribution in [0.2, 0.25) is 0 Å². The van der Waals surface area contributed by atoms with Crippen LogP contribution in [0.5, 0.6) is 0 Å². The summed E-state index contributed by atoms with van der Waals surface area (Å²) >= 11 is 1.69. The molecule has 3 nitrogen and oxygen atoms in total. The Morgan fingerprint density at radius 3 is 2.71 bits per heavy atom. The van der Waals surface area contributed by atoms with E-state index in [1.807, 2.05) is 19.9 Å². The van der Waals surface area contributed by atoms with Crippen molar-refractivity contribution in [1.82, 2.24) is 0 Å². The molecule has 2 N–H and O–H groups in total. The third kappa shape index (κ3) is 4.76. The van der Waals surface area contributed by atoms with Crippen molar-refractivity contribution in [2.45, 2.75) is 45.4 Å². The molecule has 0 aliphatic carbocycles. The van der Waals surface area contributed by atoms with Gasteiger partial charge in [0.25, 0.3) is 0 Å². The standard InChI is InChI=1S/C13H23NO2S/c1-4-11(14)13(12-7-6-8-17-12)16-10(3)9-15-5-2/h6-8,10-11,13H,4-5,9,14H2,1-3H3. The minimum Gasteiger partial charge on any atom is -0.379 e. The van der Waals surface area contributed by atoms with E-state index in [1.165, 1.54) is 4.88 Å². The molecule has 4 heteroatoms. The Hall–Kier alpha value is -0.420. The molecule has 1 aromatic heterocycles. The van der Waals surface area contributed by atoms with Gasteiger partial charge in [0.2, 0.25) is 0 Å². The minimum absolute atomic E-state index is 0.0181. The van der Waals surface area contributed by atoms with Gasteiger partial charge in [-0.1, -0.05) is 13.0 Å². The summed E-state index contributed by atoms with van der Waals surface area (Å²) in [5, 5.41) is 2.06. The van der Waals surface area contributed by atoms with Gasteiger partial charge in [0, 0.05) is 17.5 Å². The van der Waals surface area contributed by atoms with E-state index in [-0.39, 0.29) is 18.2 Å². The third-order valence-electron chi connectivity index (χ3n) is 2.62. The summed E-state index contributed by atoms with van der Waals surface area (Å²) in [5.41, 5.74) is 6.13. The van der Waals surface area contributed by atoms with Crippen LogP contribution in [-0.2, 0) is 9.47 Å². The zero-order chi connectivity index (χ0) is 12.7. The van der Waals surface area contributed by atoms with Crippen LogP contribution in [0.3, 0.4) is 0 Å². The number of hydrogen-bond donors (Lipinski definition) is 1. The first kappa shape index (κ1) is 14.6. The average Bonchev–Trinajstić information content (AvgIpc) is 2.86. The maximum absolute atomic E-state index is 6.13. The molecule has 1 heterocycles. The van der Waals surface area contributed by atoms with E-state index in [0.717, 1.165) is 13.0 Å². The quantitative estimate of drug-likeness (QED) is 0.778. The number of hydrogen-bond acceptors (Lipinski definition) is 4. The van der Waals surface area contributed by atoms with Gasteiger partial charge in [0.05, 0.1) is 12.7 Å². The average molecular weight is 257 g/mol. The molecule has 0 radical (unpaired) electrons. The number of nitrogens with two attached hydrogens (primary N) is 1. The summed E-state index contributed by atoms with van der Waals surface area (Å²) in [7, 11) is 0. The Bertz CT molecular complexity index is 290. The summed E-state index contributed by atoms with van der Waals surface area (Å²) in [6.07, 6.45) is 0.958. The van der Waals surface area contributed by atoms with Crippen LogP contribution in [-0.4, -0.2) is 25.4 Å². The summed E-state index contributed by atoms with van der Waals surface area (Å²) in [5.74, 6) is 0. The molecule has 0 aliphatic heterocycles. The normalized spacial score (nSPS) is 16.7. The molecule has 3 atom stereocenters. The molecule has 0 aliphatic rings. The Morgan fingerprint density at radius 1 is 1.41 bits per heavy atom. The van der Waals surface area contributed by atoms with Crippen molar-refractivity contribution >= 4 is 11.3 Å². The summed E-state index contributed by atoms with van der Waals surface area (Å²) < 4.78 is 11.4. The number of rotatable bonds is 8. The minimum atomic E-state index is -0.0181. The second kappa shape index (κ2) is 7.82. The molecule has 1 rings (SSSR count). The largest absolute Gasteiger partial charge is 0.379 e. The number of ether oxygens (including phenoxy) is 2. The fourth-order valence-corrected chi connectivity index (χ4v) is 2.46. The Labute approximate surface area is 108 Å². The molecular weight excluding hydrogens is 234 g/mol. The predicted octanol–water partition coefficient (Wildman–Crippen LogP) is 2.97. The van der Waals surface area contributed by atoms with Gasteiger partial charge < -0.3 is 15.2 Å². The zero-order valence-corrected chi connectivity index (χ0v) is 11.7. The lowest BCUT2D eigenvalue weighted by Gasteiger charge is -2.26. The van der Waals surface area contributed by atoms with Crippen molar-refractivity contribution in [3.8, 4) is 0 Å². The predicted molar refractivity (Wildman–Crippen MR) is 72.4 cm³/mol. The third-order valence-corrected chi connectivity index (χ3v) is 3.55. The lowest BCUT2D eigenvalue weighted by atomic mass is 10.1. The maximum atomic E-state index is 6.13. The summed E-state index contributed by atoms with van der Waals surface area (Å²) in [6.45, 7) is 7.44. The fourth-order valence-electron chi connectivity index (χ4n) is 1.62. The fraction of sp³-hybridized carbons (Fsp3) is 0.692. The van der Waals surface area contributed by atoms with Gasteiger partial charge in [-0.05, 0) is 31.7 Å². The van der Waals surface area contributed by atoms with Gasteiger partial charge in [0.15, 0.2) is 0 Å². The van der Waals surface area contributed by atoms with Crippen molar-refractivity contribution in [2.24, 2.45) is 5.73 Å². The second-order valence-corrected chi connectivity index (χ2v) is 5.09. The van der Waals surface area contributed by atoms with Gasteiger partial charge in [-0.15, -0.1) is 11.3 Å². The molecule has 98 valence electrons.